The molecule has 2 rings (SSSR count). The Balaban J connectivity index is 2.31. The van der Waals surface area contributed by atoms with Crippen LogP contribution in [0.4, 0.5) is 5.69 Å². The van der Waals surface area contributed by atoms with E-state index in [0.29, 0.717) is 22.5 Å². The minimum Gasteiger partial charge on any atom is -0.456 e. The number of hydrogen-bond donors (Lipinski definition) is 1. The predicted octanol–water partition coefficient (Wildman–Crippen LogP) is 3.61. The molecule has 5 nitrogen and oxygen atoms in total. The quantitative estimate of drug-likeness (QED) is 0.689. The number of nitrogens with zero attached hydrogens (tertiary/aromatic N) is 1. The van der Waals surface area contributed by atoms with E-state index in [1.165, 1.54) is 12.1 Å². The highest BCUT2D eigenvalue weighted by Crippen LogP contribution is 2.33. The Morgan fingerprint density at radius 1 is 1.26 bits per heavy atom. The van der Waals surface area contributed by atoms with Crippen molar-refractivity contribution in [3.8, 4) is 11.5 Å². The molecular formula is C13H11BrN2O3. The zero-order valence-corrected chi connectivity index (χ0v) is 11.5. The molecule has 0 unspecified atom stereocenters. The Labute approximate surface area is 118 Å². The molecule has 0 aliphatic rings. The van der Waals surface area contributed by atoms with Crippen molar-refractivity contribution in [1.29, 1.82) is 0 Å². The first-order valence-corrected chi connectivity index (χ1v) is 6.30. The molecule has 0 aliphatic heterocycles. The van der Waals surface area contributed by atoms with Crippen LogP contribution in [-0.4, -0.2) is 4.92 Å². The summed E-state index contributed by atoms with van der Waals surface area (Å²) >= 11 is 3.30. The van der Waals surface area contributed by atoms with Gasteiger partial charge in [0.2, 0.25) is 0 Å². The molecule has 0 spiro atoms. The minimum atomic E-state index is -0.463. The number of nitro benzene ring substituents is 1. The molecule has 2 aromatic rings. The topological polar surface area (TPSA) is 78.4 Å². The molecule has 0 saturated carbocycles. The molecule has 98 valence electrons. The zero-order valence-electron chi connectivity index (χ0n) is 9.88. The Bertz CT molecular complexity index is 617. The van der Waals surface area contributed by atoms with Crippen LogP contribution < -0.4 is 10.5 Å². The molecule has 0 amide bonds. The summed E-state index contributed by atoms with van der Waals surface area (Å²) in [5.41, 5.74) is 6.46. The van der Waals surface area contributed by atoms with Crippen molar-refractivity contribution in [2.24, 2.45) is 5.73 Å². The van der Waals surface area contributed by atoms with E-state index in [1.54, 1.807) is 18.2 Å². The van der Waals surface area contributed by atoms with Crippen molar-refractivity contribution in [3.05, 3.63) is 62.6 Å². The number of non-ortho nitro benzene ring substituents is 1. The van der Waals surface area contributed by atoms with E-state index in [1.807, 2.05) is 12.1 Å². The summed E-state index contributed by atoms with van der Waals surface area (Å²) in [6, 6.07) is 11.6. The van der Waals surface area contributed by atoms with Crippen molar-refractivity contribution in [2.75, 3.05) is 0 Å². The highest BCUT2D eigenvalue weighted by Gasteiger charge is 2.11. The summed E-state index contributed by atoms with van der Waals surface area (Å²) in [6.07, 6.45) is 0. The molecule has 19 heavy (non-hydrogen) atoms. The number of nitro groups is 1. The van der Waals surface area contributed by atoms with Crippen molar-refractivity contribution < 1.29 is 9.66 Å². The third-order valence-corrected chi connectivity index (χ3v) is 3.14. The van der Waals surface area contributed by atoms with Gasteiger partial charge in [0.1, 0.15) is 11.5 Å². The summed E-state index contributed by atoms with van der Waals surface area (Å²) in [6.45, 7) is 0.410. The van der Waals surface area contributed by atoms with Crippen molar-refractivity contribution in [3.63, 3.8) is 0 Å². The smallest absolute Gasteiger partial charge is 0.273 e. The average Bonchev–Trinajstić information content (AvgIpc) is 2.41. The van der Waals surface area contributed by atoms with E-state index in [4.69, 9.17) is 10.5 Å². The molecule has 0 aliphatic carbocycles. The van der Waals surface area contributed by atoms with Gasteiger partial charge < -0.3 is 10.5 Å². The molecule has 0 bridgehead atoms. The van der Waals surface area contributed by atoms with Gasteiger partial charge in [-0.05, 0) is 39.7 Å². The molecule has 0 aromatic heterocycles. The lowest BCUT2D eigenvalue weighted by atomic mass is 10.2. The van der Waals surface area contributed by atoms with Crippen molar-refractivity contribution in [1.82, 2.24) is 0 Å². The van der Waals surface area contributed by atoms with E-state index in [9.17, 15) is 10.1 Å². The van der Waals surface area contributed by atoms with Gasteiger partial charge in [-0.25, -0.2) is 0 Å². The fourth-order valence-electron chi connectivity index (χ4n) is 1.55. The summed E-state index contributed by atoms with van der Waals surface area (Å²) < 4.78 is 6.28. The van der Waals surface area contributed by atoms with Crippen molar-refractivity contribution in [2.45, 2.75) is 6.54 Å². The SMILES string of the molecule is NCc1cccc(Oc2cc([N+](=O)[O-])ccc2Br)c1. The minimum absolute atomic E-state index is 0.0202. The average molecular weight is 323 g/mol. The fraction of sp³-hybridized carbons (Fsp3) is 0.0769. The summed E-state index contributed by atoms with van der Waals surface area (Å²) in [5, 5.41) is 10.7. The van der Waals surface area contributed by atoms with Gasteiger partial charge in [-0.2, -0.15) is 0 Å². The first kappa shape index (κ1) is 13.5. The second-order valence-electron chi connectivity index (χ2n) is 3.83. The predicted molar refractivity (Wildman–Crippen MR) is 75.2 cm³/mol. The first-order chi connectivity index (χ1) is 9.10. The number of hydrogen-bond acceptors (Lipinski definition) is 4. The molecule has 0 saturated heterocycles. The van der Waals surface area contributed by atoms with Crippen LogP contribution in [0.1, 0.15) is 5.56 Å². The van der Waals surface area contributed by atoms with Gasteiger partial charge in [0.25, 0.3) is 5.69 Å². The molecule has 0 fully saturated rings. The third kappa shape index (κ3) is 3.30. The third-order valence-electron chi connectivity index (χ3n) is 2.49. The monoisotopic (exact) mass is 322 g/mol. The Kier molecular flexibility index (Phi) is 4.13. The van der Waals surface area contributed by atoms with E-state index < -0.39 is 4.92 Å². The number of ether oxygens (including phenoxy) is 1. The van der Waals surface area contributed by atoms with Gasteiger partial charge in [-0.3, -0.25) is 10.1 Å². The molecule has 0 atom stereocenters. The Hall–Kier alpha value is -1.92. The van der Waals surface area contributed by atoms with Crippen molar-refractivity contribution >= 4 is 21.6 Å². The number of benzene rings is 2. The maximum Gasteiger partial charge on any atom is 0.273 e. The number of rotatable bonds is 4. The largest absolute Gasteiger partial charge is 0.456 e. The maximum absolute atomic E-state index is 10.7. The molecule has 6 heteroatoms. The van der Waals surface area contributed by atoms with Gasteiger partial charge >= 0.3 is 0 Å². The van der Waals surface area contributed by atoms with Crippen LogP contribution in [0.15, 0.2) is 46.9 Å². The number of halogens is 1. The van der Waals surface area contributed by atoms with Crippen LogP contribution in [-0.2, 0) is 6.54 Å². The highest BCUT2D eigenvalue weighted by atomic mass is 79.9. The van der Waals surface area contributed by atoms with Crippen LogP contribution in [0.25, 0.3) is 0 Å². The summed E-state index contributed by atoms with van der Waals surface area (Å²) in [7, 11) is 0. The van der Waals surface area contributed by atoms with Gasteiger partial charge in [0.15, 0.2) is 0 Å². The standard InChI is InChI=1S/C13H11BrN2O3/c14-12-5-4-10(16(17)18)7-13(12)19-11-3-1-2-9(6-11)8-15/h1-7H,8,15H2. The Morgan fingerprint density at radius 2 is 2.05 bits per heavy atom. The van der Waals surface area contributed by atoms with Crippen LogP contribution in [0.5, 0.6) is 11.5 Å². The van der Waals surface area contributed by atoms with Crippen LogP contribution in [0.3, 0.4) is 0 Å². The zero-order chi connectivity index (χ0) is 13.8. The molecule has 0 heterocycles. The van der Waals surface area contributed by atoms with Gasteiger partial charge in [0.05, 0.1) is 15.5 Å². The summed E-state index contributed by atoms with van der Waals surface area (Å²) in [5.74, 6) is 0.979. The van der Waals surface area contributed by atoms with E-state index in [0.717, 1.165) is 5.56 Å². The molecule has 2 aromatic carbocycles. The molecular weight excluding hydrogens is 312 g/mol. The maximum atomic E-state index is 10.7. The first-order valence-electron chi connectivity index (χ1n) is 5.51. The van der Waals surface area contributed by atoms with Gasteiger partial charge in [-0.1, -0.05) is 12.1 Å². The lowest BCUT2D eigenvalue weighted by Crippen LogP contribution is -1.96. The fourth-order valence-corrected chi connectivity index (χ4v) is 1.87. The van der Waals surface area contributed by atoms with E-state index in [-0.39, 0.29) is 5.69 Å². The van der Waals surface area contributed by atoms with Crippen LogP contribution in [0, 0.1) is 10.1 Å². The van der Waals surface area contributed by atoms with E-state index in [2.05, 4.69) is 15.9 Å². The molecule has 0 radical (unpaired) electrons. The van der Waals surface area contributed by atoms with Gasteiger partial charge in [-0.15, -0.1) is 0 Å². The lowest BCUT2D eigenvalue weighted by Gasteiger charge is -2.08. The Morgan fingerprint density at radius 3 is 2.74 bits per heavy atom. The lowest BCUT2D eigenvalue weighted by molar-refractivity contribution is -0.384. The van der Waals surface area contributed by atoms with Crippen LogP contribution in [0.2, 0.25) is 0 Å². The van der Waals surface area contributed by atoms with E-state index >= 15 is 0 Å². The second-order valence-corrected chi connectivity index (χ2v) is 4.68. The second kappa shape index (κ2) is 5.81. The normalized spacial score (nSPS) is 10.2. The van der Waals surface area contributed by atoms with Crippen LogP contribution >= 0.6 is 15.9 Å². The molecule has 2 N–H and O–H groups in total. The highest BCUT2D eigenvalue weighted by molar-refractivity contribution is 9.10. The summed E-state index contributed by atoms with van der Waals surface area (Å²) in [4.78, 5) is 10.3. The number of nitrogens with two attached hydrogens (primary N) is 1. The van der Waals surface area contributed by atoms with Gasteiger partial charge in [0, 0.05) is 12.6 Å².